The van der Waals surface area contributed by atoms with Crippen LogP contribution in [0.2, 0.25) is 0 Å². The van der Waals surface area contributed by atoms with Crippen LogP contribution < -0.4 is 4.30 Å². The summed E-state index contributed by atoms with van der Waals surface area (Å²) < 4.78 is 2.50. The molecule has 0 fully saturated rings. The van der Waals surface area contributed by atoms with Crippen LogP contribution in [0.4, 0.5) is 0 Å². The number of carbonyl (C=O) groups is 1. The first-order chi connectivity index (χ1) is 3.31. The molecule has 0 unspecified atom stereocenters. The van der Waals surface area contributed by atoms with Gasteiger partial charge in [-0.05, 0) is 0 Å². The number of amides is 1. The molecule has 0 heterocycles. The molecule has 1 amide bonds. The van der Waals surface area contributed by atoms with E-state index >= 15 is 0 Å². The summed E-state index contributed by atoms with van der Waals surface area (Å²) in [6.07, 6.45) is 0. The predicted octanol–water partition coefficient (Wildman–Crippen LogP) is -0.607. The first kappa shape index (κ1) is 7.16. The van der Waals surface area contributed by atoms with Crippen LogP contribution in [-0.4, -0.2) is 32.2 Å². The standard InChI is InChI=1S/C2H4ClNO.CH2.Al/c3-1-2(4)5;;/h1H2,(H2,4,5);1H2;/q;;+1/p-1. The minimum atomic E-state index is -0.184. The maximum atomic E-state index is 10.1. The van der Waals surface area contributed by atoms with Gasteiger partial charge in [0.25, 0.3) is 0 Å². The third-order valence-corrected chi connectivity index (χ3v) is 1.15. The Morgan fingerprint density at radius 3 is 2.71 bits per heavy atom. The molecule has 0 aromatic heterocycles. The number of hydrogen-bond acceptors (Lipinski definition) is 1. The Morgan fingerprint density at radius 2 is 2.57 bits per heavy atom. The van der Waals surface area contributed by atoms with Crippen molar-refractivity contribution in [2.24, 2.45) is 0 Å². The van der Waals surface area contributed by atoms with Crippen molar-refractivity contribution >= 4 is 37.9 Å². The molecule has 0 bridgehead atoms. The number of hydrogen-bond donors (Lipinski definition) is 1. The van der Waals surface area contributed by atoms with E-state index in [2.05, 4.69) is 9.69 Å². The molecule has 0 aliphatic rings. The van der Waals surface area contributed by atoms with E-state index < -0.39 is 0 Å². The third-order valence-electron chi connectivity index (χ3n) is 0.384. The molecule has 0 spiro atoms. The number of halogens is 1. The average Bonchev–Trinajstić information content (AvgIpc) is 1.68. The van der Waals surface area contributed by atoms with Gasteiger partial charge in [-0.2, -0.15) is 0 Å². The van der Waals surface area contributed by atoms with Crippen molar-refractivity contribution in [2.45, 2.75) is 0 Å². The van der Waals surface area contributed by atoms with Gasteiger partial charge in [0, 0.05) is 0 Å². The second-order valence-electron chi connectivity index (χ2n) is 0.905. The number of rotatable bonds is 2. The monoisotopic (exact) mass is 133 g/mol. The van der Waals surface area contributed by atoms with Crippen molar-refractivity contribution in [3.63, 3.8) is 0 Å². The fourth-order valence-electron chi connectivity index (χ4n) is 0.152. The minimum absolute atomic E-state index is 0.0442. The van der Waals surface area contributed by atoms with Gasteiger partial charge in [0.05, 0.1) is 0 Å². The summed E-state index contributed by atoms with van der Waals surface area (Å²) in [6, 6.07) is 0. The molecule has 38 valence electrons. The molecule has 1 N–H and O–H groups in total. The topological polar surface area (TPSA) is 29.1 Å². The van der Waals surface area contributed by atoms with Gasteiger partial charge in [0.2, 0.25) is 0 Å². The van der Waals surface area contributed by atoms with Gasteiger partial charge in [0.15, 0.2) is 0 Å². The van der Waals surface area contributed by atoms with E-state index in [1.165, 1.54) is 0 Å². The van der Waals surface area contributed by atoms with Gasteiger partial charge >= 0.3 is 52.9 Å². The van der Waals surface area contributed by atoms with Crippen LogP contribution in [0.25, 0.3) is 0 Å². The zero-order chi connectivity index (χ0) is 5.70. The molecule has 0 radical (unpaired) electrons. The first-order valence-corrected chi connectivity index (χ1v) is 3.70. The van der Waals surface area contributed by atoms with E-state index in [1.54, 1.807) is 0 Å². The van der Waals surface area contributed by atoms with Gasteiger partial charge in [-0.3, -0.25) is 0 Å². The van der Waals surface area contributed by atoms with E-state index in [1.807, 2.05) is 0 Å². The van der Waals surface area contributed by atoms with Crippen LogP contribution in [0.15, 0.2) is 0 Å². The molecule has 7 heavy (non-hydrogen) atoms. The summed E-state index contributed by atoms with van der Waals surface area (Å²) in [5.74, 6) is -0.0885. The second-order valence-corrected chi connectivity index (χ2v) is 1.87. The maximum absolute atomic E-state index is 10.1. The zero-order valence-corrected chi connectivity index (χ0v) is 5.69. The molecule has 0 saturated carbocycles. The van der Waals surface area contributed by atoms with Crippen LogP contribution in [-0.2, 0) is 4.79 Å². The first-order valence-electron chi connectivity index (χ1n) is 1.77. The van der Waals surface area contributed by atoms with Gasteiger partial charge in [-0.15, -0.1) is 0 Å². The van der Waals surface area contributed by atoms with E-state index in [0.717, 1.165) is 0 Å². The molecule has 4 heteroatoms. The normalized spacial score (nSPS) is 7.00. The summed E-state index contributed by atoms with van der Waals surface area (Å²) in [6.45, 7) is 0. The molecule has 2 nitrogen and oxygen atoms in total. The SMILES string of the molecule is [CH2]=[Al][NH]C(=O)CCl. The summed E-state index contributed by atoms with van der Waals surface area (Å²) in [7, 11) is 0. The Morgan fingerprint density at radius 1 is 2.00 bits per heavy atom. The van der Waals surface area contributed by atoms with Crippen molar-refractivity contribution < 1.29 is 4.79 Å². The fourth-order valence-corrected chi connectivity index (χ4v) is 0.689. The molecule has 0 atom stereocenters. The van der Waals surface area contributed by atoms with Crippen LogP contribution in [0, 0.1) is 0 Å². The summed E-state index contributed by atoms with van der Waals surface area (Å²) in [5.41, 5.74) is 0. The van der Waals surface area contributed by atoms with Gasteiger partial charge in [0.1, 0.15) is 0 Å². The Bertz CT molecular complexity index is 85.0. The molecule has 0 aromatic carbocycles. The average molecular weight is 134 g/mol. The van der Waals surface area contributed by atoms with Gasteiger partial charge in [-0.1, -0.05) is 0 Å². The van der Waals surface area contributed by atoms with Crippen molar-refractivity contribution in [1.29, 1.82) is 0 Å². The Labute approximate surface area is 53.3 Å². The molecule has 0 rings (SSSR count). The second kappa shape index (κ2) is 4.32. The molecular formula is C3H5AlClNO. The van der Waals surface area contributed by atoms with Crippen molar-refractivity contribution in [1.82, 2.24) is 4.30 Å². The molecule has 0 aromatic rings. The zero-order valence-electron chi connectivity index (χ0n) is 3.78. The Hall–Kier alpha value is 0.162. The van der Waals surface area contributed by atoms with E-state index in [-0.39, 0.29) is 26.8 Å². The van der Waals surface area contributed by atoms with Crippen LogP contribution in [0.1, 0.15) is 0 Å². The van der Waals surface area contributed by atoms with Crippen LogP contribution >= 0.6 is 11.6 Å². The summed E-state index contributed by atoms with van der Waals surface area (Å²) in [5, 5.41) is 3.47. The van der Waals surface area contributed by atoms with E-state index in [0.29, 0.717) is 0 Å². The van der Waals surface area contributed by atoms with Crippen LogP contribution in [0.3, 0.4) is 0 Å². The van der Waals surface area contributed by atoms with Crippen molar-refractivity contribution in [2.75, 3.05) is 5.88 Å². The Balaban J connectivity index is 3.17. The predicted molar refractivity (Wildman–Crippen MR) is 31.7 cm³/mol. The summed E-state index contributed by atoms with van der Waals surface area (Å²) >= 11 is 4.92. The van der Waals surface area contributed by atoms with E-state index in [4.69, 9.17) is 11.6 Å². The molecular weight excluding hydrogens is 128 g/mol. The third kappa shape index (κ3) is 4.01. The van der Waals surface area contributed by atoms with Crippen LogP contribution in [0.5, 0.6) is 0 Å². The number of alkyl halides is 1. The molecule has 0 aliphatic carbocycles. The molecule has 0 saturated heterocycles. The van der Waals surface area contributed by atoms with E-state index in [9.17, 15) is 4.79 Å². The van der Waals surface area contributed by atoms with Crippen molar-refractivity contribution in [3.05, 3.63) is 0 Å². The van der Waals surface area contributed by atoms with Crippen molar-refractivity contribution in [3.8, 4) is 0 Å². The fraction of sp³-hybridized carbons (Fsp3) is 0.333. The van der Waals surface area contributed by atoms with Gasteiger partial charge < -0.3 is 0 Å². The summed E-state index contributed by atoms with van der Waals surface area (Å²) in [4.78, 5) is 10.1. The Kier molecular flexibility index (Phi) is 4.43. The quantitative estimate of drug-likeness (QED) is 0.395. The van der Waals surface area contributed by atoms with Gasteiger partial charge in [-0.25, -0.2) is 0 Å². The number of carbonyl (C=O) groups excluding carboxylic acids is 1. The number of nitrogens with one attached hydrogen (secondary N) is 1. The molecule has 0 aliphatic heterocycles.